The molecule has 1 aliphatic rings. The average Bonchev–Trinajstić information content (AvgIpc) is 3.06. The number of carbonyl (C=O) groups excluding carboxylic acids is 1. The number of urea groups is 1. The molecule has 0 aromatic carbocycles. The highest BCUT2D eigenvalue weighted by atomic mass is 16.4. The van der Waals surface area contributed by atoms with E-state index in [2.05, 4.69) is 11.2 Å². The molecule has 19 heavy (non-hydrogen) atoms. The van der Waals surface area contributed by atoms with Gasteiger partial charge >= 0.3 is 12.0 Å². The van der Waals surface area contributed by atoms with E-state index in [1.807, 2.05) is 0 Å². The second-order valence-corrected chi connectivity index (χ2v) is 6.11. The molecule has 0 bridgehead atoms. The molecule has 0 saturated heterocycles. The molecule has 0 radical (unpaired) electrons. The van der Waals surface area contributed by atoms with Crippen LogP contribution in [0.5, 0.6) is 0 Å². The topological polar surface area (TPSA) is 69.6 Å². The molecular formula is C14H22N2O3. The van der Waals surface area contributed by atoms with Crippen LogP contribution >= 0.6 is 0 Å². The molecule has 2 N–H and O–H groups in total. The number of hydrogen-bond acceptors (Lipinski definition) is 2. The van der Waals surface area contributed by atoms with Crippen molar-refractivity contribution in [3.05, 3.63) is 0 Å². The Balaban J connectivity index is 2.67. The van der Waals surface area contributed by atoms with Crippen molar-refractivity contribution >= 4 is 12.0 Å². The van der Waals surface area contributed by atoms with E-state index in [4.69, 9.17) is 6.42 Å². The molecule has 0 aliphatic heterocycles. The first-order valence-electron chi connectivity index (χ1n) is 6.47. The number of amides is 2. The first-order valence-corrected chi connectivity index (χ1v) is 6.47. The number of carboxylic acid groups (broad SMARTS) is 1. The molecule has 1 saturated carbocycles. The van der Waals surface area contributed by atoms with Crippen molar-refractivity contribution in [3.8, 4) is 12.3 Å². The van der Waals surface area contributed by atoms with Gasteiger partial charge in [0.2, 0.25) is 0 Å². The molecule has 1 rings (SSSR count). The fourth-order valence-corrected chi connectivity index (χ4v) is 1.80. The van der Waals surface area contributed by atoms with Crippen molar-refractivity contribution in [1.29, 1.82) is 0 Å². The van der Waals surface area contributed by atoms with Gasteiger partial charge in [0.05, 0.1) is 6.54 Å². The molecule has 0 aromatic heterocycles. The summed E-state index contributed by atoms with van der Waals surface area (Å²) in [6.07, 6.45) is 7.47. The van der Waals surface area contributed by atoms with Crippen LogP contribution in [0.25, 0.3) is 0 Å². The molecule has 106 valence electrons. The van der Waals surface area contributed by atoms with Crippen LogP contribution in [0.3, 0.4) is 0 Å². The summed E-state index contributed by atoms with van der Waals surface area (Å²) < 4.78 is 0. The van der Waals surface area contributed by atoms with Crippen LogP contribution in [-0.2, 0) is 4.79 Å². The van der Waals surface area contributed by atoms with Gasteiger partial charge in [-0.05, 0) is 24.2 Å². The van der Waals surface area contributed by atoms with E-state index < -0.39 is 23.5 Å². The van der Waals surface area contributed by atoms with E-state index in [1.165, 1.54) is 4.90 Å². The summed E-state index contributed by atoms with van der Waals surface area (Å²) in [5.74, 6) is 1.92. The van der Waals surface area contributed by atoms with E-state index in [-0.39, 0.29) is 6.54 Å². The molecule has 5 heteroatoms. The molecule has 0 spiro atoms. The number of carboxylic acids is 1. The molecule has 5 nitrogen and oxygen atoms in total. The second-order valence-electron chi connectivity index (χ2n) is 6.11. The minimum absolute atomic E-state index is 0.207. The lowest BCUT2D eigenvalue weighted by atomic mass is 9.87. The van der Waals surface area contributed by atoms with Crippen LogP contribution in [0.1, 0.15) is 33.6 Å². The van der Waals surface area contributed by atoms with Crippen LogP contribution in [0, 0.1) is 23.7 Å². The summed E-state index contributed by atoms with van der Waals surface area (Å²) >= 11 is 0. The number of nitrogens with zero attached hydrogens (tertiary/aromatic N) is 1. The van der Waals surface area contributed by atoms with Gasteiger partial charge in [-0.25, -0.2) is 9.59 Å². The van der Waals surface area contributed by atoms with Gasteiger partial charge in [0, 0.05) is 6.54 Å². The number of hydrogen-bond donors (Lipinski definition) is 2. The summed E-state index contributed by atoms with van der Waals surface area (Å²) in [6.45, 7) is 6.14. The Labute approximate surface area is 114 Å². The number of nitrogens with one attached hydrogen (secondary N) is 1. The fraction of sp³-hybridized carbons (Fsp3) is 0.714. The smallest absolute Gasteiger partial charge is 0.326 e. The summed E-state index contributed by atoms with van der Waals surface area (Å²) in [7, 11) is 0. The molecule has 1 atom stereocenters. The highest BCUT2D eigenvalue weighted by Crippen LogP contribution is 2.29. The third-order valence-corrected chi connectivity index (χ3v) is 3.13. The molecule has 1 aliphatic carbocycles. The zero-order valence-electron chi connectivity index (χ0n) is 11.8. The number of rotatable bonds is 5. The number of carbonyl (C=O) groups is 2. The summed E-state index contributed by atoms with van der Waals surface area (Å²) in [5.41, 5.74) is -0.553. The van der Waals surface area contributed by atoms with Gasteiger partial charge in [0.1, 0.15) is 6.04 Å². The Hall–Kier alpha value is -1.70. The predicted octanol–water partition coefficient (Wildman–Crippen LogP) is 1.54. The second kappa shape index (κ2) is 5.96. The quantitative estimate of drug-likeness (QED) is 0.742. The minimum Gasteiger partial charge on any atom is -0.480 e. The van der Waals surface area contributed by atoms with E-state index >= 15 is 0 Å². The minimum atomic E-state index is -1.03. The van der Waals surface area contributed by atoms with Crippen molar-refractivity contribution in [1.82, 2.24) is 10.2 Å². The van der Waals surface area contributed by atoms with E-state index in [0.29, 0.717) is 12.5 Å². The summed E-state index contributed by atoms with van der Waals surface area (Å²) in [4.78, 5) is 24.9. The Morgan fingerprint density at radius 2 is 2.05 bits per heavy atom. The Kier molecular flexibility index (Phi) is 4.82. The van der Waals surface area contributed by atoms with Gasteiger partial charge in [0.25, 0.3) is 0 Å². The van der Waals surface area contributed by atoms with Crippen molar-refractivity contribution in [2.45, 2.75) is 39.7 Å². The Morgan fingerprint density at radius 3 is 2.42 bits per heavy atom. The highest BCUT2D eigenvalue weighted by Gasteiger charge is 2.34. The lowest BCUT2D eigenvalue weighted by molar-refractivity contribution is -0.142. The standard InChI is InChI=1S/C14H22N2O3/c1-5-8-16(9-10-6-7-10)13(19)15-11(12(17)18)14(2,3)4/h1,10-11H,6-9H2,2-4H3,(H,15,19)(H,17,18)/t11-/m0/s1. The zero-order valence-corrected chi connectivity index (χ0v) is 11.8. The van der Waals surface area contributed by atoms with Gasteiger partial charge in [0.15, 0.2) is 0 Å². The fourth-order valence-electron chi connectivity index (χ4n) is 1.80. The van der Waals surface area contributed by atoms with Crippen molar-refractivity contribution in [3.63, 3.8) is 0 Å². The van der Waals surface area contributed by atoms with Crippen LogP contribution in [-0.4, -0.2) is 41.1 Å². The summed E-state index contributed by atoms with van der Waals surface area (Å²) in [6, 6.07) is -1.33. The van der Waals surface area contributed by atoms with Crippen molar-refractivity contribution in [2.24, 2.45) is 11.3 Å². The van der Waals surface area contributed by atoms with Gasteiger partial charge < -0.3 is 15.3 Å². The molecule has 1 fully saturated rings. The first-order chi connectivity index (χ1) is 8.75. The summed E-state index contributed by atoms with van der Waals surface area (Å²) in [5, 5.41) is 11.8. The zero-order chi connectivity index (χ0) is 14.6. The maximum atomic E-state index is 12.1. The number of aliphatic carboxylic acids is 1. The SMILES string of the molecule is C#CCN(CC1CC1)C(=O)N[C@@H](C(=O)O)C(C)(C)C. The molecule has 0 unspecified atom stereocenters. The van der Waals surface area contributed by atoms with E-state index in [0.717, 1.165) is 12.8 Å². The normalized spacial score (nSPS) is 16.3. The van der Waals surface area contributed by atoms with Gasteiger partial charge in [-0.15, -0.1) is 6.42 Å². The monoisotopic (exact) mass is 266 g/mol. The van der Waals surface area contributed by atoms with Gasteiger partial charge in [-0.2, -0.15) is 0 Å². The third-order valence-electron chi connectivity index (χ3n) is 3.13. The van der Waals surface area contributed by atoms with Crippen molar-refractivity contribution < 1.29 is 14.7 Å². The Bertz CT molecular complexity index is 388. The maximum Gasteiger partial charge on any atom is 0.326 e. The van der Waals surface area contributed by atoms with Crippen LogP contribution in [0.15, 0.2) is 0 Å². The van der Waals surface area contributed by atoms with Crippen LogP contribution in [0.4, 0.5) is 4.79 Å². The van der Waals surface area contributed by atoms with Crippen molar-refractivity contribution in [2.75, 3.05) is 13.1 Å². The number of terminal acetylenes is 1. The predicted molar refractivity (Wildman–Crippen MR) is 72.5 cm³/mol. The molecule has 2 amide bonds. The van der Waals surface area contributed by atoms with Crippen LogP contribution in [0.2, 0.25) is 0 Å². The van der Waals surface area contributed by atoms with Gasteiger partial charge in [-0.3, -0.25) is 0 Å². The Morgan fingerprint density at radius 1 is 1.47 bits per heavy atom. The third kappa shape index (κ3) is 4.82. The highest BCUT2D eigenvalue weighted by molar-refractivity contribution is 5.83. The molecule has 0 heterocycles. The average molecular weight is 266 g/mol. The largest absolute Gasteiger partial charge is 0.480 e. The maximum absolute atomic E-state index is 12.1. The van der Waals surface area contributed by atoms with E-state index in [9.17, 15) is 14.7 Å². The first kappa shape index (κ1) is 15.4. The molecule has 0 aromatic rings. The lowest BCUT2D eigenvalue weighted by Crippen LogP contribution is -2.53. The lowest BCUT2D eigenvalue weighted by Gasteiger charge is -2.30. The van der Waals surface area contributed by atoms with Crippen LogP contribution < -0.4 is 5.32 Å². The molecular weight excluding hydrogens is 244 g/mol. The van der Waals surface area contributed by atoms with E-state index in [1.54, 1.807) is 20.8 Å². The van der Waals surface area contributed by atoms with Gasteiger partial charge in [-0.1, -0.05) is 26.7 Å².